The summed E-state index contributed by atoms with van der Waals surface area (Å²) in [5.41, 5.74) is 0. The highest BCUT2D eigenvalue weighted by Crippen LogP contribution is 2.54. The average Bonchev–Trinajstić information content (AvgIpc) is 2.82. The van der Waals surface area contributed by atoms with E-state index in [1.165, 1.54) is 15.9 Å². The summed E-state index contributed by atoms with van der Waals surface area (Å²) in [7, 11) is -2.05. The van der Waals surface area contributed by atoms with Crippen LogP contribution in [0.15, 0.2) is 91.0 Å². The Balaban J connectivity index is 1.86. The third-order valence-electron chi connectivity index (χ3n) is 4.93. The summed E-state index contributed by atoms with van der Waals surface area (Å²) >= 11 is 0. The lowest BCUT2D eigenvalue weighted by Gasteiger charge is -2.27. The van der Waals surface area contributed by atoms with Crippen LogP contribution in [0.4, 0.5) is 4.79 Å². The standard InChI is InChI=1S/C25H26NO4P/c1-2-29-24(27)20-26-25(28)30-18-19-31(21-12-6-3-7-13-21,22-14-8-4-9-15-22)23-16-10-5-11-17-23/h3-17H,2,18-20H2,1H3/p+1. The third kappa shape index (κ3) is 5.71. The summed E-state index contributed by atoms with van der Waals surface area (Å²) in [6.45, 7) is 2.01. The number of hydrogen-bond acceptors (Lipinski definition) is 4. The van der Waals surface area contributed by atoms with E-state index < -0.39 is 19.3 Å². The predicted molar refractivity (Wildman–Crippen MR) is 126 cm³/mol. The summed E-state index contributed by atoms with van der Waals surface area (Å²) in [6.07, 6.45) is 0.0260. The first-order chi connectivity index (χ1) is 15.2. The second kappa shape index (κ2) is 11.3. The molecule has 0 aromatic heterocycles. The van der Waals surface area contributed by atoms with Crippen molar-refractivity contribution in [2.45, 2.75) is 6.92 Å². The maximum absolute atomic E-state index is 12.1. The van der Waals surface area contributed by atoms with Crippen LogP contribution in [0, 0.1) is 0 Å². The molecule has 0 aliphatic carbocycles. The minimum atomic E-state index is -2.05. The van der Waals surface area contributed by atoms with Gasteiger partial charge in [-0.3, -0.25) is 4.79 Å². The Morgan fingerprint density at radius 1 is 0.742 bits per heavy atom. The molecule has 1 N–H and O–H groups in total. The Bertz CT molecular complexity index is 868. The second-order valence-corrected chi connectivity index (χ2v) is 10.5. The molecule has 160 valence electrons. The van der Waals surface area contributed by atoms with Gasteiger partial charge in [0, 0.05) is 0 Å². The number of ether oxygens (including phenoxy) is 2. The van der Waals surface area contributed by atoms with Gasteiger partial charge in [0.1, 0.15) is 42.5 Å². The number of carbonyl (C=O) groups excluding carboxylic acids is 2. The predicted octanol–water partition coefficient (Wildman–Crippen LogP) is 3.27. The lowest BCUT2D eigenvalue weighted by Crippen LogP contribution is -2.36. The number of amides is 1. The summed E-state index contributed by atoms with van der Waals surface area (Å²) in [5, 5.41) is 6.12. The van der Waals surface area contributed by atoms with Crippen molar-refractivity contribution in [1.29, 1.82) is 0 Å². The number of alkyl carbamates (subject to hydrolysis) is 1. The van der Waals surface area contributed by atoms with Crippen LogP contribution in [0.3, 0.4) is 0 Å². The van der Waals surface area contributed by atoms with E-state index in [9.17, 15) is 9.59 Å². The normalized spacial score (nSPS) is 10.9. The highest BCUT2D eigenvalue weighted by Gasteiger charge is 2.45. The number of esters is 1. The van der Waals surface area contributed by atoms with Crippen LogP contribution >= 0.6 is 7.26 Å². The first-order valence-electron chi connectivity index (χ1n) is 10.3. The molecule has 6 heteroatoms. The van der Waals surface area contributed by atoms with Crippen molar-refractivity contribution < 1.29 is 19.1 Å². The van der Waals surface area contributed by atoms with Gasteiger partial charge < -0.3 is 14.8 Å². The molecule has 0 fully saturated rings. The number of hydrogen-bond donors (Lipinski definition) is 1. The molecule has 0 unspecified atom stereocenters. The van der Waals surface area contributed by atoms with Crippen LogP contribution < -0.4 is 21.2 Å². The van der Waals surface area contributed by atoms with E-state index in [2.05, 4.69) is 41.7 Å². The van der Waals surface area contributed by atoms with Crippen LogP contribution in [0.2, 0.25) is 0 Å². The molecule has 0 saturated heterocycles. The summed E-state index contributed by atoms with van der Waals surface area (Å²) < 4.78 is 10.3. The monoisotopic (exact) mass is 436 g/mol. The lowest BCUT2D eigenvalue weighted by atomic mass is 10.4. The Morgan fingerprint density at radius 3 is 1.61 bits per heavy atom. The van der Waals surface area contributed by atoms with E-state index in [0.717, 1.165) is 0 Å². The molecule has 0 bridgehead atoms. The zero-order valence-corrected chi connectivity index (χ0v) is 18.5. The molecule has 0 heterocycles. The van der Waals surface area contributed by atoms with Gasteiger partial charge in [0.2, 0.25) is 0 Å². The molecular formula is C25H27NO4P+. The van der Waals surface area contributed by atoms with Crippen molar-refractivity contribution in [2.24, 2.45) is 0 Å². The molecule has 0 saturated carbocycles. The van der Waals surface area contributed by atoms with E-state index in [0.29, 0.717) is 6.16 Å². The maximum atomic E-state index is 12.1. The van der Waals surface area contributed by atoms with E-state index in [4.69, 9.17) is 9.47 Å². The number of nitrogens with one attached hydrogen (secondary N) is 1. The van der Waals surface area contributed by atoms with Crippen LogP contribution in [0.5, 0.6) is 0 Å². The molecule has 31 heavy (non-hydrogen) atoms. The fourth-order valence-corrected chi connectivity index (χ4v) is 7.64. The van der Waals surface area contributed by atoms with Gasteiger partial charge in [0.15, 0.2) is 0 Å². The average molecular weight is 436 g/mol. The van der Waals surface area contributed by atoms with Crippen molar-refractivity contribution in [3.8, 4) is 0 Å². The van der Waals surface area contributed by atoms with Crippen molar-refractivity contribution in [3.05, 3.63) is 91.0 Å². The van der Waals surface area contributed by atoms with Gasteiger partial charge in [-0.2, -0.15) is 0 Å². The second-order valence-electron chi connectivity index (χ2n) is 6.83. The van der Waals surface area contributed by atoms with Gasteiger partial charge in [-0.1, -0.05) is 54.6 Å². The summed E-state index contributed by atoms with van der Waals surface area (Å²) in [5.74, 6) is -0.487. The van der Waals surface area contributed by atoms with E-state index in [1.807, 2.05) is 54.6 Å². The lowest BCUT2D eigenvalue weighted by molar-refractivity contribution is -0.141. The largest absolute Gasteiger partial charge is 0.465 e. The molecule has 0 aliphatic heterocycles. The Labute approximate surface area is 183 Å². The molecule has 0 aliphatic rings. The minimum Gasteiger partial charge on any atom is -0.465 e. The van der Waals surface area contributed by atoms with Gasteiger partial charge in [0.05, 0.1) is 6.61 Å². The van der Waals surface area contributed by atoms with Crippen LogP contribution in [-0.2, 0) is 14.3 Å². The molecule has 0 spiro atoms. The smallest absolute Gasteiger partial charge is 0.407 e. The molecule has 1 amide bonds. The fraction of sp³-hybridized carbons (Fsp3) is 0.200. The zero-order valence-electron chi connectivity index (χ0n) is 17.6. The molecular weight excluding hydrogens is 409 g/mol. The topological polar surface area (TPSA) is 64.6 Å². The number of rotatable bonds is 9. The highest BCUT2D eigenvalue weighted by molar-refractivity contribution is 7.95. The Kier molecular flexibility index (Phi) is 8.19. The van der Waals surface area contributed by atoms with Gasteiger partial charge >= 0.3 is 12.1 Å². The van der Waals surface area contributed by atoms with Crippen LogP contribution in [-0.4, -0.2) is 38.0 Å². The molecule has 3 rings (SSSR count). The Hall–Kier alpha value is -3.17. The van der Waals surface area contributed by atoms with Gasteiger partial charge in [0.25, 0.3) is 0 Å². The fourth-order valence-electron chi connectivity index (χ4n) is 3.56. The van der Waals surface area contributed by atoms with Crippen molar-refractivity contribution in [2.75, 3.05) is 25.9 Å². The van der Waals surface area contributed by atoms with E-state index >= 15 is 0 Å². The van der Waals surface area contributed by atoms with Crippen molar-refractivity contribution >= 4 is 35.2 Å². The molecule has 3 aromatic rings. The Morgan fingerprint density at radius 2 is 1.19 bits per heavy atom. The number of carbonyl (C=O) groups is 2. The number of benzene rings is 3. The van der Waals surface area contributed by atoms with Crippen LogP contribution in [0.1, 0.15) is 6.92 Å². The van der Waals surface area contributed by atoms with Gasteiger partial charge in [-0.25, -0.2) is 4.79 Å². The van der Waals surface area contributed by atoms with Crippen molar-refractivity contribution in [1.82, 2.24) is 5.32 Å². The maximum Gasteiger partial charge on any atom is 0.407 e. The van der Waals surface area contributed by atoms with Crippen LogP contribution in [0.25, 0.3) is 0 Å². The molecule has 3 aromatic carbocycles. The molecule has 0 radical (unpaired) electrons. The van der Waals surface area contributed by atoms with E-state index in [-0.39, 0.29) is 19.8 Å². The van der Waals surface area contributed by atoms with E-state index in [1.54, 1.807) is 6.92 Å². The van der Waals surface area contributed by atoms with Gasteiger partial charge in [-0.05, 0) is 43.3 Å². The third-order valence-corrected chi connectivity index (χ3v) is 9.33. The van der Waals surface area contributed by atoms with Gasteiger partial charge in [-0.15, -0.1) is 0 Å². The molecule has 0 atom stereocenters. The quantitative estimate of drug-likeness (QED) is 0.413. The first kappa shape index (κ1) is 22.5. The summed E-state index contributed by atoms with van der Waals surface area (Å²) in [6, 6.07) is 31.2. The SMILES string of the molecule is CCOC(=O)CNC(=O)OCC[P+](c1ccccc1)(c1ccccc1)c1ccccc1. The zero-order chi connectivity index (χ0) is 21.9. The molecule has 5 nitrogen and oxygen atoms in total. The van der Waals surface area contributed by atoms with Crippen molar-refractivity contribution in [3.63, 3.8) is 0 Å². The first-order valence-corrected chi connectivity index (χ1v) is 12.3. The summed E-state index contributed by atoms with van der Waals surface area (Å²) in [4.78, 5) is 23.6. The highest BCUT2D eigenvalue weighted by atomic mass is 31.2. The minimum absolute atomic E-state index is 0.205.